The van der Waals surface area contributed by atoms with Crippen LogP contribution in [0.1, 0.15) is 12.0 Å². The van der Waals surface area contributed by atoms with Crippen molar-refractivity contribution in [3.63, 3.8) is 0 Å². The van der Waals surface area contributed by atoms with Gasteiger partial charge in [0.25, 0.3) is 0 Å². The zero-order valence-electron chi connectivity index (χ0n) is 9.10. The lowest BCUT2D eigenvalue weighted by Gasteiger charge is -2.18. The van der Waals surface area contributed by atoms with Crippen molar-refractivity contribution in [2.45, 2.75) is 6.42 Å². The summed E-state index contributed by atoms with van der Waals surface area (Å²) in [5.74, 6) is 5.57. The van der Waals surface area contributed by atoms with Gasteiger partial charge in [-0.25, -0.2) is 5.90 Å². The average molecular weight is 217 g/mol. The van der Waals surface area contributed by atoms with Gasteiger partial charge in [-0.1, -0.05) is 6.07 Å². The Kier molecular flexibility index (Phi) is 3.40. The molecule has 1 aliphatic rings. The maximum atomic E-state index is 8.84. The van der Waals surface area contributed by atoms with E-state index in [0.717, 1.165) is 25.2 Å². The van der Waals surface area contributed by atoms with Crippen LogP contribution in [0.5, 0.6) is 0 Å². The Labute approximate surface area is 95.2 Å². The second-order valence-electron chi connectivity index (χ2n) is 4.10. The number of nitrogens with zero attached hydrogens (tertiary/aromatic N) is 2. The van der Waals surface area contributed by atoms with Crippen LogP contribution in [-0.2, 0) is 4.84 Å². The van der Waals surface area contributed by atoms with Gasteiger partial charge in [0.2, 0.25) is 0 Å². The smallest absolute Gasteiger partial charge is 0.0992 e. The molecule has 0 aliphatic carbocycles. The summed E-state index contributed by atoms with van der Waals surface area (Å²) in [6, 6.07) is 9.85. The summed E-state index contributed by atoms with van der Waals surface area (Å²) in [7, 11) is 0. The molecule has 1 aromatic carbocycles. The average Bonchev–Trinajstić information content (AvgIpc) is 2.78. The third kappa shape index (κ3) is 2.32. The van der Waals surface area contributed by atoms with Crippen molar-refractivity contribution in [3.05, 3.63) is 29.8 Å². The minimum atomic E-state index is 0.496. The molecule has 0 bridgehead atoms. The number of nitrogens with two attached hydrogens (primary N) is 1. The van der Waals surface area contributed by atoms with Crippen molar-refractivity contribution in [2.24, 2.45) is 11.8 Å². The van der Waals surface area contributed by atoms with Gasteiger partial charge in [-0.2, -0.15) is 5.26 Å². The van der Waals surface area contributed by atoms with Crippen molar-refractivity contribution in [1.82, 2.24) is 0 Å². The monoisotopic (exact) mass is 217 g/mol. The van der Waals surface area contributed by atoms with E-state index < -0.39 is 0 Å². The quantitative estimate of drug-likeness (QED) is 0.774. The molecule has 1 aliphatic heterocycles. The van der Waals surface area contributed by atoms with Gasteiger partial charge in [-0.05, 0) is 24.6 Å². The highest BCUT2D eigenvalue weighted by Gasteiger charge is 2.22. The molecule has 1 aromatic rings. The number of hydrogen-bond acceptors (Lipinski definition) is 4. The molecule has 1 atom stereocenters. The SMILES string of the molecule is N#Cc1cccc(N2CCC(CON)C2)c1. The van der Waals surface area contributed by atoms with Crippen molar-refractivity contribution in [1.29, 1.82) is 5.26 Å². The minimum absolute atomic E-state index is 0.496. The van der Waals surface area contributed by atoms with Crippen LogP contribution in [0.2, 0.25) is 0 Å². The first-order chi connectivity index (χ1) is 7.83. The molecule has 0 spiro atoms. The Balaban J connectivity index is 2.06. The van der Waals surface area contributed by atoms with Crippen LogP contribution in [0.3, 0.4) is 0 Å². The molecule has 4 nitrogen and oxygen atoms in total. The van der Waals surface area contributed by atoms with Gasteiger partial charge in [-0.15, -0.1) is 0 Å². The molecule has 0 radical (unpaired) electrons. The van der Waals surface area contributed by atoms with Crippen LogP contribution in [0.4, 0.5) is 5.69 Å². The highest BCUT2D eigenvalue weighted by Crippen LogP contribution is 2.24. The Morgan fingerprint density at radius 1 is 1.56 bits per heavy atom. The molecule has 2 rings (SSSR count). The molecule has 0 amide bonds. The molecule has 0 saturated carbocycles. The van der Waals surface area contributed by atoms with Gasteiger partial charge in [0.15, 0.2) is 0 Å². The number of benzene rings is 1. The van der Waals surface area contributed by atoms with Crippen LogP contribution in [0, 0.1) is 17.2 Å². The maximum absolute atomic E-state index is 8.84. The van der Waals surface area contributed by atoms with Crippen molar-refractivity contribution >= 4 is 5.69 Å². The van der Waals surface area contributed by atoms with Gasteiger partial charge in [0.1, 0.15) is 0 Å². The maximum Gasteiger partial charge on any atom is 0.0992 e. The van der Waals surface area contributed by atoms with Crippen LogP contribution in [0.25, 0.3) is 0 Å². The van der Waals surface area contributed by atoms with E-state index in [1.54, 1.807) is 0 Å². The van der Waals surface area contributed by atoms with Gasteiger partial charge in [-0.3, -0.25) is 0 Å². The largest absolute Gasteiger partial charge is 0.371 e. The summed E-state index contributed by atoms with van der Waals surface area (Å²) < 4.78 is 0. The van der Waals surface area contributed by atoms with E-state index in [2.05, 4.69) is 15.8 Å². The van der Waals surface area contributed by atoms with E-state index in [-0.39, 0.29) is 0 Å². The molecule has 4 heteroatoms. The molecule has 1 fully saturated rings. The molecular weight excluding hydrogens is 202 g/mol. The summed E-state index contributed by atoms with van der Waals surface area (Å²) in [6.45, 7) is 2.56. The second kappa shape index (κ2) is 4.97. The van der Waals surface area contributed by atoms with Crippen LogP contribution < -0.4 is 10.8 Å². The van der Waals surface area contributed by atoms with Crippen LogP contribution in [0.15, 0.2) is 24.3 Å². The van der Waals surface area contributed by atoms with E-state index in [4.69, 9.17) is 11.2 Å². The molecule has 1 saturated heterocycles. The predicted molar refractivity (Wildman–Crippen MR) is 61.6 cm³/mol. The molecule has 0 aromatic heterocycles. The molecule has 1 heterocycles. The highest BCUT2D eigenvalue weighted by molar-refractivity contribution is 5.52. The van der Waals surface area contributed by atoms with E-state index in [9.17, 15) is 0 Å². The number of hydrogen-bond donors (Lipinski definition) is 1. The first kappa shape index (κ1) is 10.9. The van der Waals surface area contributed by atoms with Gasteiger partial charge >= 0.3 is 0 Å². The number of nitriles is 1. The first-order valence-corrected chi connectivity index (χ1v) is 5.40. The normalized spacial score (nSPS) is 19.8. The highest BCUT2D eigenvalue weighted by atomic mass is 16.6. The lowest BCUT2D eigenvalue weighted by atomic mass is 10.1. The molecule has 2 N–H and O–H groups in total. The summed E-state index contributed by atoms with van der Waals surface area (Å²) in [6.07, 6.45) is 1.09. The summed E-state index contributed by atoms with van der Waals surface area (Å²) in [4.78, 5) is 6.94. The summed E-state index contributed by atoms with van der Waals surface area (Å²) in [5.41, 5.74) is 1.81. The Hall–Kier alpha value is -1.57. The summed E-state index contributed by atoms with van der Waals surface area (Å²) >= 11 is 0. The van der Waals surface area contributed by atoms with Crippen molar-refractivity contribution < 1.29 is 4.84 Å². The third-order valence-electron chi connectivity index (χ3n) is 2.96. The van der Waals surface area contributed by atoms with E-state index in [1.165, 1.54) is 0 Å². The van der Waals surface area contributed by atoms with E-state index in [1.807, 2.05) is 24.3 Å². The zero-order chi connectivity index (χ0) is 11.4. The molecule has 1 unspecified atom stereocenters. The molecule has 16 heavy (non-hydrogen) atoms. The van der Waals surface area contributed by atoms with E-state index in [0.29, 0.717) is 18.1 Å². The zero-order valence-corrected chi connectivity index (χ0v) is 9.10. The van der Waals surface area contributed by atoms with Crippen LogP contribution in [-0.4, -0.2) is 19.7 Å². The lowest BCUT2D eigenvalue weighted by Crippen LogP contribution is -2.21. The van der Waals surface area contributed by atoms with Gasteiger partial charge < -0.3 is 9.74 Å². The topological polar surface area (TPSA) is 62.3 Å². The fraction of sp³-hybridized carbons (Fsp3) is 0.417. The Bertz CT molecular complexity index is 399. The fourth-order valence-corrected chi connectivity index (χ4v) is 2.11. The lowest BCUT2D eigenvalue weighted by molar-refractivity contribution is 0.108. The summed E-state index contributed by atoms with van der Waals surface area (Å²) in [5, 5.41) is 8.84. The minimum Gasteiger partial charge on any atom is -0.371 e. The first-order valence-electron chi connectivity index (χ1n) is 5.40. The fourth-order valence-electron chi connectivity index (χ4n) is 2.11. The molecular formula is C12H15N3O. The second-order valence-corrected chi connectivity index (χ2v) is 4.10. The molecule has 84 valence electrons. The van der Waals surface area contributed by atoms with Crippen molar-refractivity contribution in [3.8, 4) is 6.07 Å². The van der Waals surface area contributed by atoms with E-state index >= 15 is 0 Å². The van der Waals surface area contributed by atoms with Crippen LogP contribution >= 0.6 is 0 Å². The standard InChI is InChI=1S/C12H15N3O/c13-7-10-2-1-3-12(6-10)15-5-4-11(8-15)9-16-14/h1-3,6,11H,4-5,8-9,14H2. The Morgan fingerprint density at radius 3 is 3.19 bits per heavy atom. The predicted octanol–water partition coefficient (Wildman–Crippen LogP) is 1.27. The third-order valence-corrected chi connectivity index (χ3v) is 2.96. The van der Waals surface area contributed by atoms with Gasteiger partial charge in [0.05, 0.1) is 18.2 Å². The Morgan fingerprint density at radius 2 is 2.44 bits per heavy atom. The number of rotatable bonds is 3. The number of anilines is 1. The van der Waals surface area contributed by atoms with Gasteiger partial charge in [0, 0.05) is 24.7 Å². The van der Waals surface area contributed by atoms with Crippen molar-refractivity contribution in [2.75, 3.05) is 24.6 Å².